The molecule has 0 bridgehead atoms. The van der Waals surface area contributed by atoms with Gasteiger partial charge in [0.1, 0.15) is 17.1 Å². The first-order valence-corrected chi connectivity index (χ1v) is 6.77. The average molecular weight is 280 g/mol. The standard InChI is InChI=1S/C13H16N2O3S/c1-9-12(13(16)17-3)4-11(18-9)6-15(2)5-10-7-19-8-14-10/h4,7-8H,5-6H2,1-3H3. The number of ether oxygens (including phenoxy) is 1. The number of thiazole rings is 1. The molecule has 0 atom stereocenters. The summed E-state index contributed by atoms with van der Waals surface area (Å²) in [6.07, 6.45) is 0. The van der Waals surface area contributed by atoms with Gasteiger partial charge in [-0.25, -0.2) is 9.78 Å². The topological polar surface area (TPSA) is 55.6 Å². The molecule has 0 unspecified atom stereocenters. The highest BCUT2D eigenvalue weighted by atomic mass is 32.1. The third kappa shape index (κ3) is 3.42. The van der Waals surface area contributed by atoms with Crippen molar-refractivity contribution in [1.82, 2.24) is 9.88 Å². The fourth-order valence-electron chi connectivity index (χ4n) is 1.85. The molecular weight excluding hydrogens is 264 g/mol. The average Bonchev–Trinajstić information content (AvgIpc) is 2.98. The van der Waals surface area contributed by atoms with Gasteiger partial charge in [0.25, 0.3) is 0 Å². The van der Waals surface area contributed by atoms with Crippen LogP contribution in [0.2, 0.25) is 0 Å². The molecule has 5 nitrogen and oxygen atoms in total. The predicted octanol–water partition coefficient (Wildman–Crippen LogP) is 2.46. The van der Waals surface area contributed by atoms with Crippen LogP contribution in [0.25, 0.3) is 0 Å². The van der Waals surface area contributed by atoms with Crippen molar-refractivity contribution in [3.05, 3.63) is 39.7 Å². The third-order valence-electron chi connectivity index (χ3n) is 2.72. The second kappa shape index (κ2) is 5.99. The highest BCUT2D eigenvalue weighted by Crippen LogP contribution is 2.17. The summed E-state index contributed by atoms with van der Waals surface area (Å²) < 4.78 is 10.3. The van der Waals surface area contributed by atoms with E-state index in [0.29, 0.717) is 17.9 Å². The molecule has 2 heterocycles. The first-order chi connectivity index (χ1) is 9.10. The molecule has 0 radical (unpaired) electrons. The molecule has 0 fully saturated rings. The summed E-state index contributed by atoms with van der Waals surface area (Å²) in [5.41, 5.74) is 3.33. The smallest absolute Gasteiger partial charge is 0.341 e. The van der Waals surface area contributed by atoms with Crippen molar-refractivity contribution in [2.75, 3.05) is 14.2 Å². The van der Waals surface area contributed by atoms with E-state index in [9.17, 15) is 4.79 Å². The van der Waals surface area contributed by atoms with E-state index in [2.05, 4.69) is 9.88 Å². The maximum absolute atomic E-state index is 11.5. The molecule has 19 heavy (non-hydrogen) atoms. The molecule has 2 aromatic rings. The normalized spacial score (nSPS) is 10.9. The van der Waals surface area contributed by atoms with Gasteiger partial charge in [0.05, 0.1) is 24.9 Å². The molecule has 0 N–H and O–H groups in total. The fraction of sp³-hybridized carbons (Fsp3) is 0.385. The highest BCUT2D eigenvalue weighted by molar-refractivity contribution is 7.07. The van der Waals surface area contributed by atoms with E-state index in [0.717, 1.165) is 18.0 Å². The Labute approximate surface area is 115 Å². The molecule has 102 valence electrons. The van der Waals surface area contributed by atoms with Gasteiger partial charge in [0.15, 0.2) is 0 Å². The summed E-state index contributed by atoms with van der Waals surface area (Å²) >= 11 is 1.58. The number of aromatic nitrogens is 1. The van der Waals surface area contributed by atoms with Crippen LogP contribution in [0.4, 0.5) is 0 Å². The van der Waals surface area contributed by atoms with Gasteiger partial charge < -0.3 is 9.15 Å². The summed E-state index contributed by atoms with van der Waals surface area (Å²) in [7, 11) is 3.35. The van der Waals surface area contributed by atoms with E-state index in [1.165, 1.54) is 7.11 Å². The first-order valence-electron chi connectivity index (χ1n) is 5.83. The van der Waals surface area contributed by atoms with Crippen molar-refractivity contribution < 1.29 is 13.9 Å². The lowest BCUT2D eigenvalue weighted by atomic mass is 10.2. The monoisotopic (exact) mass is 280 g/mol. The maximum atomic E-state index is 11.5. The van der Waals surface area contributed by atoms with E-state index < -0.39 is 0 Å². The Morgan fingerprint density at radius 3 is 2.95 bits per heavy atom. The third-order valence-corrected chi connectivity index (χ3v) is 3.35. The number of carbonyl (C=O) groups is 1. The van der Waals surface area contributed by atoms with Gasteiger partial charge in [-0.3, -0.25) is 4.90 Å². The van der Waals surface area contributed by atoms with Crippen LogP contribution in [0.3, 0.4) is 0 Å². The number of carbonyl (C=O) groups excluding carboxylic acids is 1. The van der Waals surface area contributed by atoms with Crippen LogP contribution in [0.1, 0.15) is 27.6 Å². The van der Waals surface area contributed by atoms with Crippen LogP contribution in [-0.4, -0.2) is 30.0 Å². The van der Waals surface area contributed by atoms with Gasteiger partial charge in [-0.05, 0) is 20.0 Å². The summed E-state index contributed by atoms with van der Waals surface area (Å²) in [5.74, 6) is 0.967. The molecule has 0 aliphatic rings. The Bertz CT molecular complexity index is 548. The maximum Gasteiger partial charge on any atom is 0.341 e. The second-order valence-electron chi connectivity index (χ2n) is 4.33. The number of rotatable bonds is 5. The van der Waals surface area contributed by atoms with E-state index >= 15 is 0 Å². The zero-order valence-electron chi connectivity index (χ0n) is 11.2. The number of hydrogen-bond acceptors (Lipinski definition) is 6. The molecule has 0 aliphatic heterocycles. The summed E-state index contributed by atoms with van der Waals surface area (Å²) in [6.45, 7) is 3.13. The second-order valence-corrected chi connectivity index (χ2v) is 5.04. The lowest BCUT2D eigenvalue weighted by Gasteiger charge is -2.12. The fourth-order valence-corrected chi connectivity index (χ4v) is 2.40. The molecule has 0 saturated carbocycles. The minimum atomic E-state index is -0.366. The van der Waals surface area contributed by atoms with Crippen molar-refractivity contribution in [1.29, 1.82) is 0 Å². The predicted molar refractivity (Wildman–Crippen MR) is 72.1 cm³/mol. The molecular formula is C13H16N2O3S. The van der Waals surface area contributed by atoms with Gasteiger partial charge in [0, 0.05) is 11.9 Å². The van der Waals surface area contributed by atoms with Crippen LogP contribution in [0, 0.1) is 6.92 Å². The van der Waals surface area contributed by atoms with Gasteiger partial charge in [0.2, 0.25) is 0 Å². The summed E-state index contributed by atoms with van der Waals surface area (Å²) in [4.78, 5) is 17.8. The van der Waals surface area contributed by atoms with Crippen molar-refractivity contribution in [2.45, 2.75) is 20.0 Å². The lowest BCUT2D eigenvalue weighted by Crippen LogP contribution is -2.17. The van der Waals surface area contributed by atoms with E-state index in [4.69, 9.17) is 9.15 Å². The van der Waals surface area contributed by atoms with Crippen molar-refractivity contribution in [3.8, 4) is 0 Å². The van der Waals surface area contributed by atoms with Gasteiger partial charge in [-0.2, -0.15) is 0 Å². The molecule has 0 aliphatic carbocycles. The number of nitrogens with zero attached hydrogens (tertiary/aromatic N) is 2. The van der Waals surface area contributed by atoms with Crippen LogP contribution < -0.4 is 0 Å². The molecule has 0 amide bonds. The SMILES string of the molecule is COC(=O)c1cc(CN(C)Cc2cscn2)oc1C. The van der Waals surface area contributed by atoms with Crippen molar-refractivity contribution in [3.63, 3.8) is 0 Å². The zero-order chi connectivity index (χ0) is 13.8. The Hall–Kier alpha value is -1.66. The van der Waals surface area contributed by atoms with Crippen LogP contribution >= 0.6 is 11.3 Å². The molecule has 0 aromatic carbocycles. The van der Waals surface area contributed by atoms with Gasteiger partial charge >= 0.3 is 5.97 Å². The molecule has 6 heteroatoms. The summed E-state index contributed by atoms with van der Waals surface area (Å²) in [6, 6.07) is 1.73. The molecule has 2 aromatic heterocycles. The molecule has 0 saturated heterocycles. The van der Waals surface area contributed by atoms with E-state index in [1.54, 1.807) is 24.3 Å². The number of hydrogen-bond donors (Lipinski definition) is 0. The number of esters is 1. The van der Waals surface area contributed by atoms with Gasteiger partial charge in [-0.1, -0.05) is 0 Å². The Morgan fingerprint density at radius 1 is 1.53 bits per heavy atom. The minimum absolute atomic E-state index is 0.366. The van der Waals surface area contributed by atoms with Crippen LogP contribution in [0.15, 0.2) is 21.4 Å². The minimum Gasteiger partial charge on any atom is -0.465 e. The molecule has 0 spiro atoms. The number of aryl methyl sites for hydroxylation is 1. The van der Waals surface area contributed by atoms with Crippen LogP contribution in [-0.2, 0) is 17.8 Å². The quantitative estimate of drug-likeness (QED) is 0.787. The Balaban J connectivity index is 2.01. The Kier molecular flexibility index (Phi) is 4.34. The number of furan rings is 1. The Morgan fingerprint density at radius 2 is 2.32 bits per heavy atom. The van der Waals surface area contributed by atoms with Crippen LogP contribution in [0.5, 0.6) is 0 Å². The largest absolute Gasteiger partial charge is 0.465 e. The van der Waals surface area contributed by atoms with E-state index in [1.807, 2.05) is 17.9 Å². The first kappa shape index (κ1) is 13.8. The molecule has 2 rings (SSSR count). The highest BCUT2D eigenvalue weighted by Gasteiger charge is 2.16. The van der Waals surface area contributed by atoms with Crippen molar-refractivity contribution in [2.24, 2.45) is 0 Å². The summed E-state index contributed by atoms with van der Waals surface area (Å²) in [5, 5.41) is 2.02. The van der Waals surface area contributed by atoms with E-state index in [-0.39, 0.29) is 5.97 Å². The van der Waals surface area contributed by atoms with Gasteiger partial charge in [-0.15, -0.1) is 11.3 Å². The zero-order valence-corrected chi connectivity index (χ0v) is 12.0. The lowest BCUT2D eigenvalue weighted by molar-refractivity contribution is 0.0599. The number of methoxy groups -OCH3 is 1. The van der Waals surface area contributed by atoms with Crippen molar-refractivity contribution >= 4 is 17.3 Å².